The van der Waals surface area contributed by atoms with Crippen molar-refractivity contribution in [3.8, 4) is 56.6 Å². The molecule has 0 saturated heterocycles. The Morgan fingerprint density at radius 3 is 1.88 bits per heavy atom. The molecule has 0 N–H and O–H groups in total. The smallest absolute Gasteiger partial charge is 0.268 e. The van der Waals surface area contributed by atoms with E-state index in [1.165, 1.54) is 10.8 Å². The third kappa shape index (κ3) is 9.23. The molecule has 0 aliphatic carbocycles. The predicted octanol–water partition coefficient (Wildman–Crippen LogP) is 18.4. The van der Waals surface area contributed by atoms with E-state index in [4.69, 9.17) is 13.8 Å². The first-order valence-corrected chi connectivity index (χ1v) is 27.1. The van der Waals surface area contributed by atoms with E-state index >= 15 is 0 Å². The molecule has 0 fully saturated rings. The molecule has 13 aromatic rings. The van der Waals surface area contributed by atoms with Crippen molar-refractivity contribution in [3.05, 3.63) is 241 Å². The van der Waals surface area contributed by atoms with E-state index in [9.17, 15) is 4.11 Å². The second-order valence-corrected chi connectivity index (χ2v) is 23.0. The van der Waals surface area contributed by atoms with Crippen molar-refractivity contribution in [3.63, 3.8) is 0 Å². The van der Waals surface area contributed by atoms with Crippen LogP contribution in [0.2, 0.25) is 0 Å². The fraction of sp³-hybridized carbons (Fsp3) is 0.178. The summed E-state index contributed by atoms with van der Waals surface area (Å²) in [5.41, 5.74) is 12.7. The number of benzene rings is 9. The van der Waals surface area contributed by atoms with Gasteiger partial charge in [-0.2, -0.15) is 18.2 Å². The molecule has 0 radical (unpaired) electrons. The molecule has 4 aromatic heterocycles. The number of para-hydroxylation sites is 5. The second-order valence-electron chi connectivity index (χ2n) is 23.0. The van der Waals surface area contributed by atoms with Crippen LogP contribution in [0.15, 0.2) is 206 Å². The fourth-order valence-corrected chi connectivity index (χ4v) is 11.1. The average Bonchev–Trinajstić information content (AvgIpc) is 1.54. The van der Waals surface area contributed by atoms with Crippen molar-refractivity contribution in [1.82, 2.24) is 18.7 Å². The molecule has 4 heterocycles. The number of ether oxygens (including phenoxy) is 1. The fourth-order valence-electron chi connectivity index (χ4n) is 11.1. The van der Waals surface area contributed by atoms with Gasteiger partial charge in [0.15, 0.2) is 0 Å². The first-order chi connectivity index (χ1) is 40.6. The molecule has 1 unspecified atom stereocenters. The number of hydrogen-bond acceptors (Lipinski definition) is 2. The first kappa shape index (κ1) is 45.5. The monoisotopic (exact) mass is 1230 g/mol. The molecule has 0 aliphatic heterocycles. The van der Waals surface area contributed by atoms with E-state index in [0.29, 0.717) is 34.3 Å². The molecule has 6 nitrogen and oxygen atoms in total. The molecule has 0 saturated carbocycles. The molecule has 9 aromatic carbocycles. The molecule has 398 valence electrons. The van der Waals surface area contributed by atoms with Crippen LogP contribution in [0, 0.1) is 24.4 Å². The van der Waals surface area contributed by atoms with Crippen LogP contribution in [0.5, 0.6) is 11.5 Å². The molecule has 0 aliphatic rings. The van der Waals surface area contributed by atoms with Crippen LogP contribution in [0.4, 0.5) is 0 Å². The Morgan fingerprint density at radius 2 is 1.19 bits per heavy atom. The van der Waals surface area contributed by atoms with Gasteiger partial charge in [0, 0.05) is 62.1 Å². The maximum Gasteiger partial charge on any atom is 0.268 e. The Balaban J connectivity index is 0.00000724. The Bertz CT molecular complexity index is 4750. The zero-order valence-electron chi connectivity index (χ0n) is 52.3. The zero-order chi connectivity index (χ0) is 59.6. The Labute approximate surface area is 492 Å². The normalized spacial score (nSPS) is 14.0. The summed E-state index contributed by atoms with van der Waals surface area (Å²) in [6.07, 6.45) is 5.47. The molecule has 1 atom stereocenters. The van der Waals surface area contributed by atoms with E-state index in [1.807, 2.05) is 94.9 Å². The van der Waals surface area contributed by atoms with E-state index in [0.717, 1.165) is 77.4 Å². The molecule has 7 heteroatoms. The quantitative estimate of drug-likeness (QED) is 0.101. The molecule has 80 heavy (non-hydrogen) atoms. The molecule has 13 rings (SSSR count). The second kappa shape index (κ2) is 20.4. The van der Waals surface area contributed by atoms with Gasteiger partial charge >= 0.3 is 0 Å². The van der Waals surface area contributed by atoms with E-state index < -0.39 is 24.0 Å². The van der Waals surface area contributed by atoms with Gasteiger partial charge in [-0.3, -0.25) is 4.57 Å². The summed E-state index contributed by atoms with van der Waals surface area (Å²) in [7, 11) is 0. The Kier molecular flexibility index (Phi) is 11.6. The number of imidazole rings is 1. The van der Waals surface area contributed by atoms with Gasteiger partial charge in [0.05, 0.1) is 34.6 Å². The van der Waals surface area contributed by atoms with Gasteiger partial charge in [0.1, 0.15) is 5.82 Å². The van der Waals surface area contributed by atoms with Gasteiger partial charge in [0.2, 0.25) is 0 Å². The van der Waals surface area contributed by atoms with Crippen LogP contribution in [0.25, 0.3) is 99.8 Å². The van der Waals surface area contributed by atoms with Crippen molar-refractivity contribution < 1.29 is 38.6 Å². The van der Waals surface area contributed by atoms with Crippen LogP contribution in [-0.4, -0.2) is 18.7 Å². The number of fused-ring (bicyclic) bond motifs is 7. The number of hydrogen-bond donors (Lipinski definition) is 0. The van der Waals surface area contributed by atoms with Crippen LogP contribution in [0.1, 0.15) is 93.1 Å². The third-order valence-electron chi connectivity index (χ3n) is 15.5. The van der Waals surface area contributed by atoms with Gasteiger partial charge in [-0.05, 0) is 115 Å². The summed E-state index contributed by atoms with van der Waals surface area (Å²) in [6, 6.07) is 63.0. The van der Waals surface area contributed by atoms with Crippen molar-refractivity contribution in [2.75, 3.05) is 0 Å². The van der Waals surface area contributed by atoms with Gasteiger partial charge in [0.25, 0.3) is 6.33 Å². The minimum atomic E-state index is -0.870. The number of nitrogens with zero attached hydrogens (tertiary/aromatic N) is 5. The maximum absolute atomic E-state index is 9.41. The summed E-state index contributed by atoms with van der Waals surface area (Å²) in [5.74, 6) is 0.725. The Hall–Kier alpha value is -8.31. The Morgan fingerprint density at radius 1 is 0.562 bits per heavy atom. The van der Waals surface area contributed by atoms with Gasteiger partial charge in [-0.25, -0.2) is 4.98 Å². The van der Waals surface area contributed by atoms with Crippen LogP contribution < -0.4 is 9.30 Å². The topological polar surface area (TPSA) is 40.8 Å². The molecule has 0 amide bonds. The third-order valence-corrected chi connectivity index (χ3v) is 15.5. The maximum atomic E-state index is 9.41. The standard InChI is InChI=1S/C73H63N5O.Pt/c1-47(2)48(3)50-37-38-74-70(41-50)78-66-36-33-55(77-64-29-15-13-25-60(64)61-26-14-16-30-65(61)77)44-63(66)62-35-34-57(45-69(62)78)79-56-24-19-23-54(43-56)75-46-76(68-32-18-17-31-67(68)75)71-58(49-21-11-10-12-22-49)27-20-28-59(71)51-39-52(72(4,5)6)42-53(40-51)73(7,8)9;/h10-42,44,47-48H,1-9H3;/q-2;/i10D,11D,12D,21D,22D,48D;. The minimum Gasteiger partial charge on any atom is -0.510 e. The van der Waals surface area contributed by atoms with Crippen molar-refractivity contribution in [2.24, 2.45) is 5.92 Å². The van der Waals surface area contributed by atoms with E-state index in [-0.39, 0.29) is 55.5 Å². The summed E-state index contributed by atoms with van der Waals surface area (Å²) in [4.78, 5) is 4.96. The van der Waals surface area contributed by atoms with Crippen molar-refractivity contribution >= 4 is 54.6 Å². The van der Waals surface area contributed by atoms with Crippen LogP contribution >= 0.6 is 0 Å². The van der Waals surface area contributed by atoms with Gasteiger partial charge < -0.3 is 18.4 Å². The predicted molar refractivity (Wildman–Crippen MR) is 326 cm³/mol. The largest absolute Gasteiger partial charge is 0.510 e. The van der Waals surface area contributed by atoms with Gasteiger partial charge in [-0.15, -0.1) is 29.7 Å². The van der Waals surface area contributed by atoms with Gasteiger partial charge in [-0.1, -0.05) is 195 Å². The number of aromatic nitrogens is 5. The summed E-state index contributed by atoms with van der Waals surface area (Å²) in [6.45, 7) is 19.3. The van der Waals surface area contributed by atoms with Crippen molar-refractivity contribution in [1.29, 1.82) is 0 Å². The van der Waals surface area contributed by atoms with Crippen molar-refractivity contribution in [2.45, 2.75) is 79.0 Å². The van der Waals surface area contributed by atoms with E-state index in [1.54, 1.807) is 6.20 Å². The summed E-state index contributed by atoms with van der Waals surface area (Å²) < 4.78 is 69.2. The number of rotatable bonds is 10. The first-order valence-electron chi connectivity index (χ1n) is 30.1. The molecule has 0 spiro atoms. The van der Waals surface area contributed by atoms with E-state index in [2.05, 4.69) is 174 Å². The molecular formula is C73H63N5OPt-2. The zero-order valence-corrected chi connectivity index (χ0v) is 48.6. The van der Waals surface area contributed by atoms with Crippen LogP contribution in [-0.2, 0) is 31.9 Å². The average molecular weight is 1230 g/mol. The number of pyridine rings is 1. The molecule has 0 bridgehead atoms. The van der Waals surface area contributed by atoms with Crippen LogP contribution in [0.3, 0.4) is 0 Å². The SMILES string of the molecule is [2H]c1c([2H])c([2H])c(-c2cccc(-c3cc(C(C)(C)C)cc(C(C)(C)C)c3)c2-[n+]2[c-]n(-c3[c-]c(Oc4[c-]c5c(cc4)c4cc(-n6c7ccccc7c7ccccc76)ccc4n5-c4cc(C([2H])(C)C(C)C)ccn4)ccc3)c3ccccc32)c([2H])c1[2H].[Pt]. The summed E-state index contributed by atoms with van der Waals surface area (Å²) in [5, 5.41) is 4.32. The molecular weight excluding hydrogens is 1160 g/mol. The minimum absolute atomic E-state index is 0. The summed E-state index contributed by atoms with van der Waals surface area (Å²) >= 11 is 0.